The number of thiazole rings is 1. The minimum atomic E-state index is -0.0149. The zero-order chi connectivity index (χ0) is 22.2. The Morgan fingerprint density at radius 2 is 2.00 bits per heavy atom. The number of likely N-dealkylation sites (N-methyl/N-ethyl adjacent to an activating group) is 1. The number of nitrogens with one attached hydrogen (secondary N) is 2. The zero-order valence-corrected chi connectivity index (χ0v) is 19.2. The molecule has 0 spiro atoms. The van der Waals surface area contributed by atoms with Crippen LogP contribution < -0.4 is 5.32 Å². The lowest BCUT2D eigenvalue weighted by molar-refractivity contribution is -0.117. The minimum absolute atomic E-state index is 0.0149. The first-order valence-corrected chi connectivity index (χ1v) is 11.4. The molecule has 166 valence electrons. The molecule has 1 saturated heterocycles. The summed E-state index contributed by atoms with van der Waals surface area (Å²) in [5.74, 6) is -0.0149. The number of rotatable bonds is 5. The fraction of sp³-hybridized carbons (Fsp3) is 0.364. The van der Waals surface area contributed by atoms with Crippen molar-refractivity contribution in [1.82, 2.24) is 34.8 Å². The van der Waals surface area contributed by atoms with Crippen LogP contribution in [-0.4, -0.2) is 80.4 Å². The first kappa shape index (κ1) is 20.8. The topological polar surface area (TPSA) is 95.0 Å². The molecule has 1 aromatic carbocycles. The standard InChI is InChI=1S/C22H26N8OS/c1-14-21(32-22(23-14)24-19(31)13-30-10-8-28(2)9-11-30)15-4-5-16-18(12-15)25-26-20(16)17-6-7-29(3)27-17/h4-7,12H,8-11,13H2,1-3H3,(H,25,26)(H,23,24,31). The van der Waals surface area contributed by atoms with Crippen molar-refractivity contribution in [2.45, 2.75) is 6.92 Å². The van der Waals surface area contributed by atoms with Gasteiger partial charge in [0.15, 0.2) is 5.13 Å². The van der Waals surface area contributed by atoms with Crippen LogP contribution in [0, 0.1) is 6.92 Å². The quantitative estimate of drug-likeness (QED) is 0.485. The van der Waals surface area contributed by atoms with Crippen molar-refractivity contribution < 1.29 is 4.79 Å². The molecule has 0 bridgehead atoms. The smallest absolute Gasteiger partial charge is 0.240 e. The highest BCUT2D eigenvalue weighted by atomic mass is 32.1. The van der Waals surface area contributed by atoms with E-state index in [0.717, 1.165) is 64.6 Å². The van der Waals surface area contributed by atoms with Crippen LogP contribution >= 0.6 is 11.3 Å². The Kier molecular flexibility index (Phi) is 5.50. The summed E-state index contributed by atoms with van der Waals surface area (Å²) in [6.45, 7) is 6.18. The summed E-state index contributed by atoms with van der Waals surface area (Å²) in [5, 5.41) is 16.7. The van der Waals surface area contributed by atoms with Gasteiger partial charge in [-0.05, 0) is 37.7 Å². The Balaban J connectivity index is 1.32. The molecule has 1 aliphatic rings. The Morgan fingerprint density at radius 1 is 1.19 bits per heavy atom. The van der Waals surface area contributed by atoms with Gasteiger partial charge < -0.3 is 10.2 Å². The maximum Gasteiger partial charge on any atom is 0.240 e. The molecule has 1 fully saturated rings. The highest BCUT2D eigenvalue weighted by Gasteiger charge is 2.19. The molecule has 4 heterocycles. The van der Waals surface area contributed by atoms with Crippen LogP contribution in [0.1, 0.15) is 5.69 Å². The Bertz CT molecular complexity index is 1260. The van der Waals surface area contributed by atoms with E-state index in [9.17, 15) is 4.79 Å². The van der Waals surface area contributed by atoms with Gasteiger partial charge in [0, 0.05) is 44.8 Å². The molecule has 32 heavy (non-hydrogen) atoms. The van der Waals surface area contributed by atoms with Crippen molar-refractivity contribution >= 4 is 33.3 Å². The molecule has 5 rings (SSSR count). The van der Waals surface area contributed by atoms with Crippen molar-refractivity contribution in [1.29, 1.82) is 0 Å². The summed E-state index contributed by atoms with van der Waals surface area (Å²) in [6.07, 6.45) is 1.91. The molecule has 1 aliphatic heterocycles. The summed E-state index contributed by atoms with van der Waals surface area (Å²) in [4.78, 5) is 22.6. The molecule has 9 nitrogen and oxygen atoms in total. The van der Waals surface area contributed by atoms with Gasteiger partial charge in [-0.1, -0.05) is 17.4 Å². The monoisotopic (exact) mass is 450 g/mol. The van der Waals surface area contributed by atoms with Crippen LogP contribution in [0.4, 0.5) is 5.13 Å². The van der Waals surface area contributed by atoms with E-state index >= 15 is 0 Å². The largest absolute Gasteiger partial charge is 0.304 e. The number of aryl methyl sites for hydroxylation is 2. The third-order valence-electron chi connectivity index (χ3n) is 5.79. The van der Waals surface area contributed by atoms with Gasteiger partial charge in [-0.25, -0.2) is 4.98 Å². The van der Waals surface area contributed by atoms with Crippen LogP contribution in [0.25, 0.3) is 32.7 Å². The van der Waals surface area contributed by atoms with Gasteiger partial charge in [0.2, 0.25) is 5.91 Å². The highest BCUT2D eigenvalue weighted by molar-refractivity contribution is 7.19. The molecule has 10 heteroatoms. The van der Waals surface area contributed by atoms with E-state index in [2.05, 4.69) is 60.6 Å². The molecule has 2 N–H and O–H groups in total. The number of nitrogens with zero attached hydrogens (tertiary/aromatic N) is 6. The van der Waals surface area contributed by atoms with E-state index in [1.165, 1.54) is 11.3 Å². The summed E-state index contributed by atoms with van der Waals surface area (Å²) in [7, 11) is 4.00. The molecular weight excluding hydrogens is 424 g/mol. The van der Waals surface area contributed by atoms with E-state index in [1.807, 2.05) is 26.2 Å². The van der Waals surface area contributed by atoms with Gasteiger partial charge >= 0.3 is 0 Å². The van der Waals surface area contributed by atoms with Gasteiger partial charge in [0.05, 0.1) is 22.6 Å². The number of amides is 1. The lowest BCUT2D eigenvalue weighted by Crippen LogP contribution is -2.47. The van der Waals surface area contributed by atoms with E-state index < -0.39 is 0 Å². The van der Waals surface area contributed by atoms with Crippen LogP contribution in [0.2, 0.25) is 0 Å². The summed E-state index contributed by atoms with van der Waals surface area (Å²) in [5.41, 5.74) is 4.56. The molecule has 0 aliphatic carbocycles. The number of hydrogen-bond acceptors (Lipinski definition) is 7. The first-order chi connectivity index (χ1) is 15.5. The van der Waals surface area contributed by atoms with Crippen molar-refractivity contribution in [3.63, 3.8) is 0 Å². The summed E-state index contributed by atoms with van der Waals surface area (Å²) < 4.78 is 1.77. The van der Waals surface area contributed by atoms with Crippen molar-refractivity contribution in [2.75, 3.05) is 45.1 Å². The number of carbonyl (C=O) groups is 1. The van der Waals surface area contributed by atoms with Gasteiger partial charge in [-0.15, -0.1) is 0 Å². The van der Waals surface area contributed by atoms with Gasteiger partial charge in [-0.2, -0.15) is 10.2 Å². The van der Waals surface area contributed by atoms with Crippen molar-refractivity contribution in [3.8, 4) is 21.8 Å². The van der Waals surface area contributed by atoms with E-state index in [1.54, 1.807) is 4.68 Å². The molecule has 0 atom stereocenters. The molecule has 0 unspecified atom stereocenters. The highest BCUT2D eigenvalue weighted by Crippen LogP contribution is 2.35. The lowest BCUT2D eigenvalue weighted by atomic mass is 10.1. The van der Waals surface area contributed by atoms with Crippen LogP contribution in [0.5, 0.6) is 0 Å². The molecule has 4 aromatic rings. The number of benzene rings is 1. The van der Waals surface area contributed by atoms with Crippen LogP contribution in [-0.2, 0) is 11.8 Å². The van der Waals surface area contributed by atoms with Crippen LogP contribution in [0.15, 0.2) is 30.5 Å². The molecular formula is C22H26N8OS. The number of fused-ring (bicyclic) bond motifs is 1. The number of hydrogen-bond donors (Lipinski definition) is 2. The molecule has 0 radical (unpaired) electrons. The fourth-order valence-electron chi connectivity index (χ4n) is 3.98. The van der Waals surface area contributed by atoms with Crippen molar-refractivity contribution in [2.24, 2.45) is 7.05 Å². The average Bonchev–Trinajstić information content (AvgIpc) is 3.47. The lowest BCUT2D eigenvalue weighted by Gasteiger charge is -2.31. The average molecular weight is 451 g/mol. The Labute approximate surface area is 190 Å². The van der Waals surface area contributed by atoms with Gasteiger partial charge in [0.25, 0.3) is 0 Å². The SMILES string of the molecule is Cc1nc(NC(=O)CN2CCN(C)CC2)sc1-c1ccc2c(-c3ccn(C)n3)n[nH]c2c1. The molecule has 3 aromatic heterocycles. The molecule has 0 saturated carbocycles. The molecule has 1 amide bonds. The number of carbonyl (C=O) groups excluding carboxylic acids is 1. The number of aromatic amines is 1. The van der Waals surface area contributed by atoms with E-state index in [-0.39, 0.29) is 5.91 Å². The second-order valence-corrected chi connectivity index (χ2v) is 9.27. The summed E-state index contributed by atoms with van der Waals surface area (Å²) in [6, 6.07) is 8.16. The fourth-order valence-corrected chi connectivity index (χ4v) is 4.96. The predicted octanol–water partition coefficient (Wildman–Crippen LogP) is 2.58. The van der Waals surface area contributed by atoms with E-state index in [4.69, 9.17) is 0 Å². The number of H-pyrrole nitrogens is 1. The summed E-state index contributed by atoms with van der Waals surface area (Å²) >= 11 is 1.50. The number of anilines is 1. The normalized spacial score (nSPS) is 15.5. The first-order valence-electron chi connectivity index (χ1n) is 10.6. The zero-order valence-electron chi connectivity index (χ0n) is 18.4. The second kappa shape index (κ2) is 8.45. The maximum atomic E-state index is 12.5. The van der Waals surface area contributed by atoms with E-state index in [0.29, 0.717) is 11.7 Å². The number of piperazine rings is 1. The van der Waals surface area contributed by atoms with Gasteiger partial charge in [0.1, 0.15) is 11.4 Å². The van der Waals surface area contributed by atoms with Crippen LogP contribution in [0.3, 0.4) is 0 Å². The number of aromatic nitrogens is 5. The van der Waals surface area contributed by atoms with Crippen molar-refractivity contribution in [3.05, 3.63) is 36.2 Å². The minimum Gasteiger partial charge on any atom is -0.304 e. The second-order valence-electron chi connectivity index (χ2n) is 8.27. The predicted molar refractivity (Wildman–Crippen MR) is 127 cm³/mol. The maximum absolute atomic E-state index is 12.5. The third kappa shape index (κ3) is 4.16. The van der Waals surface area contributed by atoms with Gasteiger partial charge in [-0.3, -0.25) is 19.5 Å². The third-order valence-corrected chi connectivity index (χ3v) is 6.91. The Morgan fingerprint density at radius 3 is 2.75 bits per heavy atom. The Hall–Kier alpha value is -3.08.